The quantitative estimate of drug-likeness (QED) is 0.586. The molecule has 0 radical (unpaired) electrons. The van der Waals surface area contributed by atoms with Gasteiger partial charge in [-0.15, -0.1) is 0 Å². The molecule has 0 aliphatic carbocycles. The second kappa shape index (κ2) is 10.1. The summed E-state index contributed by atoms with van der Waals surface area (Å²) in [4.78, 5) is 24.5. The van der Waals surface area contributed by atoms with Gasteiger partial charge in [0.05, 0.1) is 12.2 Å². The van der Waals surface area contributed by atoms with Gasteiger partial charge in [0.1, 0.15) is 11.6 Å². The van der Waals surface area contributed by atoms with Gasteiger partial charge in [-0.05, 0) is 33.3 Å². The Balaban J connectivity index is 1.70. The Morgan fingerprint density at radius 1 is 1.03 bits per heavy atom. The van der Waals surface area contributed by atoms with E-state index in [4.69, 9.17) is 9.84 Å². The third-order valence-corrected chi connectivity index (χ3v) is 4.65. The van der Waals surface area contributed by atoms with Crippen molar-refractivity contribution in [2.24, 2.45) is 0 Å². The number of alkyl carbamates (subject to hydrolysis) is 1. The Bertz CT molecular complexity index is 1040. The molecule has 0 aliphatic heterocycles. The van der Waals surface area contributed by atoms with E-state index in [1.165, 1.54) is 0 Å². The SMILES string of the molecule is CC(NC(=O)OC(C)(C)C)C(=O)NCc1cn(Cc2ccccc2)nc1-c1ccccc1. The molecular formula is C25H30N4O3. The summed E-state index contributed by atoms with van der Waals surface area (Å²) in [5.41, 5.74) is 3.20. The lowest BCUT2D eigenvalue weighted by Crippen LogP contribution is -2.46. The normalized spacial score (nSPS) is 12.1. The number of nitrogens with one attached hydrogen (secondary N) is 2. The van der Waals surface area contributed by atoms with Gasteiger partial charge in [-0.2, -0.15) is 5.10 Å². The molecule has 7 heteroatoms. The minimum absolute atomic E-state index is 0.290. The minimum Gasteiger partial charge on any atom is -0.444 e. The van der Waals surface area contributed by atoms with Gasteiger partial charge in [0.2, 0.25) is 5.91 Å². The fourth-order valence-electron chi connectivity index (χ4n) is 3.17. The summed E-state index contributed by atoms with van der Waals surface area (Å²) in [6.07, 6.45) is 1.32. The molecule has 2 N–H and O–H groups in total. The van der Waals surface area contributed by atoms with E-state index in [1.807, 2.05) is 59.4 Å². The monoisotopic (exact) mass is 434 g/mol. The summed E-state index contributed by atoms with van der Waals surface area (Å²) in [7, 11) is 0. The molecule has 1 aromatic heterocycles. The lowest BCUT2D eigenvalue weighted by atomic mass is 10.1. The van der Waals surface area contributed by atoms with E-state index in [0.29, 0.717) is 6.54 Å². The largest absolute Gasteiger partial charge is 0.444 e. The molecule has 7 nitrogen and oxygen atoms in total. The van der Waals surface area contributed by atoms with Crippen LogP contribution in [-0.4, -0.2) is 33.4 Å². The van der Waals surface area contributed by atoms with E-state index >= 15 is 0 Å². The first-order valence-electron chi connectivity index (χ1n) is 10.6. The van der Waals surface area contributed by atoms with E-state index in [2.05, 4.69) is 22.8 Å². The van der Waals surface area contributed by atoms with E-state index < -0.39 is 17.7 Å². The molecule has 3 aromatic rings. The molecule has 2 amide bonds. The summed E-state index contributed by atoms with van der Waals surface area (Å²) in [5, 5.41) is 10.2. The average Bonchev–Trinajstić information content (AvgIpc) is 3.14. The van der Waals surface area contributed by atoms with Crippen molar-refractivity contribution in [3.63, 3.8) is 0 Å². The first-order chi connectivity index (χ1) is 15.2. The number of hydrogen-bond acceptors (Lipinski definition) is 4. The van der Waals surface area contributed by atoms with Crippen LogP contribution in [0.1, 0.15) is 38.8 Å². The maximum absolute atomic E-state index is 12.6. The Morgan fingerprint density at radius 2 is 1.66 bits per heavy atom. The van der Waals surface area contributed by atoms with Gasteiger partial charge in [-0.25, -0.2) is 4.79 Å². The molecule has 0 bridgehead atoms. The van der Waals surface area contributed by atoms with Crippen molar-refractivity contribution in [3.8, 4) is 11.3 Å². The van der Waals surface area contributed by atoms with Gasteiger partial charge >= 0.3 is 6.09 Å². The molecule has 1 heterocycles. The van der Waals surface area contributed by atoms with Crippen molar-refractivity contribution in [3.05, 3.63) is 78.0 Å². The highest BCUT2D eigenvalue weighted by Gasteiger charge is 2.21. The second-order valence-corrected chi connectivity index (χ2v) is 8.64. The maximum Gasteiger partial charge on any atom is 0.408 e. The molecule has 168 valence electrons. The summed E-state index contributed by atoms with van der Waals surface area (Å²) < 4.78 is 7.09. The van der Waals surface area contributed by atoms with Gasteiger partial charge in [-0.1, -0.05) is 60.7 Å². The molecule has 0 saturated carbocycles. The Labute approximate surface area is 188 Å². The van der Waals surface area contributed by atoms with Gasteiger partial charge in [0.15, 0.2) is 0 Å². The number of benzene rings is 2. The fraction of sp³-hybridized carbons (Fsp3) is 0.320. The fourth-order valence-corrected chi connectivity index (χ4v) is 3.17. The predicted octanol–water partition coefficient (Wildman–Crippen LogP) is 4.13. The Morgan fingerprint density at radius 3 is 2.28 bits per heavy atom. The molecular weight excluding hydrogens is 404 g/mol. The van der Waals surface area contributed by atoms with Crippen LogP contribution in [0.4, 0.5) is 4.79 Å². The van der Waals surface area contributed by atoms with Crippen LogP contribution in [0, 0.1) is 0 Å². The van der Waals surface area contributed by atoms with E-state index in [9.17, 15) is 9.59 Å². The molecule has 0 spiro atoms. The summed E-state index contributed by atoms with van der Waals surface area (Å²) in [5.74, 6) is -0.300. The maximum atomic E-state index is 12.6. The molecule has 1 unspecified atom stereocenters. The minimum atomic E-state index is -0.732. The molecule has 0 aliphatic rings. The second-order valence-electron chi connectivity index (χ2n) is 8.64. The highest BCUT2D eigenvalue weighted by Crippen LogP contribution is 2.22. The lowest BCUT2D eigenvalue weighted by Gasteiger charge is -2.21. The highest BCUT2D eigenvalue weighted by molar-refractivity contribution is 5.85. The van der Waals surface area contributed by atoms with Gasteiger partial charge in [-0.3, -0.25) is 9.48 Å². The van der Waals surface area contributed by atoms with Crippen molar-refractivity contribution in [1.29, 1.82) is 0 Å². The van der Waals surface area contributed by atoms with Crippen LogP contribution in [0.2, 0.25) is 0 Å². The van der Waals surface area contributed by atoms with E-state index in [0.717, 1.165) is 22.4 Å². The number of amides is 2. The van der Waals surface area contributed by atoms with Gasteiger partial charge < -0.3 is 15.4 Å². The topological polar surface area (TPSA) is 85.2 Å². The molecule has 0 saturated heterocycles. The van der Waals surface area contributed by atoms with Crippen LogP contribution >= 0.6 is 0 Å². The highest BCUT2D eigenvalue weighted by atomic mass is 16.6. The lowest BCUT2D eigenvalue weighted by molar-refractivity contribution is -0.122. The smallest absolute Gasteiger partial charge is 0.408 e. The van der Waals surface area contributed by atoms with Crippen molar-refractivity contribution in [2.45, 2.75) is 52.4 Å². The third-order valence-electron chi connectivity index (χ3n) is 4.65. The number of aromatic nitrogens is 2. The van der Waals surface area contributed by atoms with E-state index in [1.54, 1.807) is 27.7 Å². The number of rotatable bonds is 7. The third kappa shape index (κ3) is 6.70. The molecule has 32 heavy (non-hydrogen) atoms. The standard InChI is InChI=1S/C25H30N4O3/c1-18(27-24(31)32-25(2,3)4)23(30)26-15-21-17-29(16-19-11-7-5-8-12-19)28-22(21)20-13-9-6-10-14-20/h5-14,17-18H,15-16H2,1-4H3,(H,26,30)(H,27,31). The van der Waals surface area contributed by atoms with Crippen molar-refractivity contribution >= 4 is 12.0 Å². The van der Waals surface area contributed by atoms with Crippen LogP contribution in [0.25, 0.3) is 11.3 Å². The zero-order valence-electron chi connectivity index (χ0n) is 19.0. The van der Waals surface area contributed by atoms with Crippen LogP contribution in [-0.2, 0) is 22.6 Å². The van der Waals surface area contributed by atoms with Gasteiger partial charge in [0.25, 0.3) is 0 Å². The van der Waals surface area contributed by atoms with Crippen molar-refractivity contribution < 1.29 is 14.3 Å². The predicted molar refractivity (Wildman–Crippen MR) is 124 cm³/mol. The number of ether oxygens (including phenoxy) is 1. The summed E-state index contributed by atoms with van der Waals surface area (Å²) in [6.45, 7) is 7.86. The zero-order chi connectivity index (χ0) is 23.1. The van der Waals surface area contributed by atoms with Gasteiger partial charge in [0, 0.05) is 23.9 Å². The summed E-state index contributed by atoms with van der Waals surface area (Å²) >= 11 is 0. The Kier molecular flexibility index (Phi) is 7.30. The van der Waals surface area contributed by atoms with Crippen LogP contribution in [0.15, 0.2) is 66.9 Å². The number of hydrogen-bond donors (Lipinski definition) is 2. The summed E-state index contributed by atoms with van der Waals surface area (Å²) in [6, 6.07) is 19.2. The van der Waals surface area contributed by atoms with Crippen LogP contribution in [0.3, 0.4) is 0 Å². The van der Waals surface area contributed by atoms with Crippen LogP contribution < -0.4 is 10.6 Å². The molecule has 2 aromatic carbocycles. The number of nitrogens with zero attached hydrogens (tertiary/aromatic N) is 2. The number of carbonyl (C=O) groups excluding carboxylic acids is 2. The Hall–Kier alpha value is -3.61. The zero-order valence-corrected chi connectivity index (χ0v) is 19.0. The van der Waals surface area contributed by atoms with Crippen molar-refractivity contribution in [1.82, 2.24) is 20.4 Å². The van der Waals surface area contributed by atoms with Crippen LogP contribution in [0.5, 0.6) is 0 Å². The molecule has 0 fully saturated rings. The first-order valence-corrected chi connectivity index (χ1v) is 10.6. The molecule has 3 rings (SSSR count). The number of carbonyl (C=O) groups is 2. The first kappa shape index (κ1) is 23.1. The van der Waals surface area contributed by atoms with E-state index in [-0.39, 0.29) is 12.5 Å². The molecule has 1 atom stereocenters. The van der Waals surface area contributed by atoms with Crippen molar-refractivity contribution in [2.75, 3.05) is 0 Å². The average molecular weight is 435 g/mol.